The van der Waals surface area contributed by atoms with Gasteiger partial charge in [0.15, 0.2) is 0 Å². The van der Waals surface area contributed by atoms with Crippen molar-refractivity contribution >= 4 is 17.5 Å². The monoisotopic (exact) mass is 413 g/mol. The smallest absolute Gasteiger partial charge is 0.246 e. The van der Waals surface area contributed by atoms with E-state index < -0.39 is 11.6 Å². The SMILES string of the molecule is CC(=O)NC1CC(Oc2cc(C)cc(Nc3ncn(-c4cc(F)cc(F)c4)n3)c2)C1. The normalized spacial score (nSPS) is 17.9. The first kappa shape index (κ1) is 19.8. The highest BCUT2D eigenvalue weighted by atomic mass is 19.1. The molecule has 2 aromatic carbocycles. The summed E-state index contributed by atoms with van der Waals surface area (Å²) in [5.41, 5.74) is 1.95. The highest BCUT2D eigenvalue weighted by molar-refractivity contribution is 5.73. The fourth-order valence-corrected chi connectivity index (χ4v) is 3.39. The molecule has 1 aliphatic carbocycles. The van der Waals surface area contributed by atoms with Crippen molar-refractivity contribution in [1.82, 2.24) is 20.1 Å². The number of hydrogen-bond acceptors (Lipinski definition) is 5. The van der Waals surface area contributed by atoms with Crippen molar-refractivity contribution in [3.63, 3.8) is 0 Å². The van der Waals surface area contributed by atoms with Crippen LogP contribution in [0.4, 0.5) is 20.4 Å². The van der Waals surface area contributed by atoms with Crippen LogP contribution in [0, 0.1) is 18.6 Å². The Labute approximate surface area is 172 Å². The lowest BCUT2D eigenvalue weighted by Gasteiger charge is -2.35. The lowest BCUT2D eigenvalue weighted by Crippen LogP contribution is -2.48. The standard InChI is InChI=1S/C21H21F2N5O2/c1-12-3-16(8-19(4-12)30-20-9-17(10-20)25-13(2)29)26-21-24-11-28(27-21)18-6-14(22)5-15(23)7-18/h3-8,11,17,20H,9-10H2,1-2H3,(H,25,29)(H,26,27). The Hall–Kier alpha value is -3.49. The van der Waals surface area contributed by atoms with Gasteiger partial charge in [-0.2, -0.15) is 4.98 Å². The van der Waals surface area contributed by atoms with Crippen LogP contribution in [-0.4, -0.2) is 32.8 Å². The molecule has 1 heterocycles. The average Bonchev–Trinajstić information content (AvgIpc) is 3.06. The summed E-state index contributed by atoms with van der Waals surface area (Å²) >= 11 is 0. The van der Waals surface area contributed by atoms with Gasteiger partial charge in [0.25, 0.3) is 0 Å². The molecule has 0 bridgehead atoms. The van der Waals surface area contributed by atoms with E-state index in [0.29, 0.717) is 5.75 Å². The maximum Gasteiger partial charge on any atom is 0.246 e. The van der Waals surface area contributed by atoms with E-state index in [0.717, 1.165) is 30.2 Å². The molecule has 9 heteroatoms. The molecular weight excluding hydrogens is 392 g/mol. The second kappa shape index (κ2) is 8.10. The van der Waals surface area contributed by atoms with Gasteiger partial charge in [-0.1, -0.05) is 0 Å². The third-order valence-electron chi connectivity index (χ3n) is 4.72. The van der Waals surface area contributed by atoms with Crippen LogP contribution in [0.2, 0.25) is 0 Å². The third kappa shape index (κ3) is 4.73. The molecule has 4 rings (SSSR count). The summed E-state index contributed by atoms with van der Waals surface area (Å²) in [4.78, 5) is 15.2. The number of anilines is 2. The first-order chi connectivity index (χ1) is 14.3. The largest absolute Gasteiger partial charge is 0.490 e. The summed E-state index contributed by atoms with van der Waals surface area (Å²) in [6, 6.07) is 8.99. The summed E-state index contributed by atoms with van der Waals surface area (Å²) in [6.45, 7) is 3.45. The fraction of sp³-hybridized carbons (Fsp3) is 0.286. The van der Waals surface area contributed by atoms with Gasteiger partial charge < -0.3 is 15.4 Å². The number of rotatable bonds is 6. The first-order valence-electron chi connectivity index (χ1n) is 9.54. The molecule has 0 spiro atoms. The number of aromatic nitrogens is 3. The molecule has 0 atom stereocenters. The fourth-order valence-electron chi connectivity index (χ4n) is 3.39. The van der Waals surface area contributed by atoms with Crippen molar-refractivity contribution < 1.29 is 18.3 Å². The van der Waals surface area contributed by atoms with Crippen molar-refractivity contribution in [1.29, 1.82) is 0 Å². The second-order valence-electron chi connectivity index (χ2n) is 7.41. The van der Waals surface area contributed by atoms with Gasteiger partial charge >= 0.3 is 0 Å². The van der Waals surface area contributed by atoms with E-state index in [1.807, 2.05) is 25.1 Å². The molecule has 0 radical (unpaired) electrons. The molecule has 1 fully saturated rings. The molecule has 0 saturated heterocycles. The zero-order valence-corrected chi connectivity index (χ0v) is 16.5. The van der Waals surface area contributed by atoms with Gasteiger partial charge in [0.05, 0.1) is 5.69 Å². The number of nitrogens with one attached hydrogen (secondary N) is 2. The third-order valence-corrected chi connectivity index (χ3v) is 4.72. The van der Waals surface area contributed by atoms with Gasteiger partial charge in [-0.05, 0) is 36.8 Å². The van der Waals surface area contributed by atoms with Gasteiger partial charge in [0.2, 0.25) is 11.9 Å². The second-order valence-corrected chi connectivity index (χ2v) is 7.41. The maximum atomic E-state index is 13.4. The molecule has 0 aliphatic heterocycles. The minimum absolute atomic E-state index is 0.0339. The summed E-state index contributed by atoms with van der Waals surface area (Å²) in [5, 5.41) is 10.2. The van der Waals surface area contributed by atoms with Crippen LogP contribution in [0.5, 0.6) is 5.75 Å². The number of benzene rings is 2. The Balaban J connectivity index is 1.43. The number of amides is 1. The van der Waals surface area contributed by atoms with Crippen molar-refractivity contribution in [3.05, 3.63) is 59.9 Å². The average molecular weight is 413 g/mol. The highest BCUT2D eigenvalue weighted by Crippen LogP contribution is 2.29. The van der Waals surface area contributed by atoms with Crippen LogP contribution >= 0.6 is 0 Å². The predicted octanol–water partition coefficient (Wildman–Crippen LogP) is 3.64. The molecular formula is C21H21F2N5O2. The van der Waals surface area contributed by atoms with Crippen LogP contribution in [0.1, 0.15) is 25.3 Å². The molecule has 2 N–H and O–H groups in total. The number of carbonyl (C=O) groups excluding carboxylic acids is 1. The lowest BCUT2D eigenvalue weighted by molar-refractivity contribution is -0.120. The molecule has 1 amide bonds. The quantitative estimate of drug-likeness (QED) is 0.645. The van der Waals surface area contributed by atoms with E-state index in [2.05, 4.69) is 20.7 Å². The number of halogens is 2. The molecule has 0 unspecified atom stereocenters. The van der Waals surface area contributed by atoms with Crippen molar-refractivity contribution in [2.24, 2.45) is 0 Å². The Bertz CT molecular complexity index is 1060. The van der Waals surface area contributed by atoms with Crippen molar-refractivity contribution in [2.45, 2.75) is 38.8 Å². The van der Waals surface area contributed by atoms with Crippen LogP contribution in [0.3, 0.4) is 0 Å². The van der Waals surface area contributed by atoms with Gasteiger partial charge in [-0.3, -0.25) is 4.79 Å². The number of aryl methyl sites for hydroxylation is 1. The van der Waals surface area contributed by atoms with Crippen molar-refractivity contribution in [3.8, 4) is 11.4 Å². The Morgan fingerprint density at radius 3 is 2.57 bits per heavy atom. The Morgan fingerprint density at radius 1 is 1.13 bits per heavy atom. The van der Waals surface area contributed by atoms with Crippen LogP contribution in [-0.2, 0) is 4.79 Å². The zero-order valence-electron chi connectivity index (χ0n) is 16.5. The van der Waals surface area contributed by atoms with E-state index in [1.165, 1.54) is 30.1 Å². The lowest BCUT2D eigenvalue weighted by atomic mass is 9.89. The Kier molecular flexibility index (Phi) is 5.35. The van der Waals surface area contributed by atoms with Crippen molar-refractivity contribution in [2.75, 3.05) is 5.32 Å². The van der Waals surface area contributed by atoms with Crippen LogP contribution in [0.15, 0.2) is 42.7 Å². The minimum atomic E-state index is -0.688. The predicted molar refractivity (Wildman–Crippen MR) is 107 cm³/mol. The van der Waals surface area contributed by atoms with E-state index in [4.69, 9.17) is 4.74 Å². The van der Waals surface area contributed by atoms with Gasteiger partial charge in [0, 0.05) is 43.6 Å². The van der Waals surface area contributed by atoms with Crippen LogP contribution < -0.4 is 15.4 Å². The first-order valence-corrected chi connectivity index (χ1v) is 9.54. The minimum Gasteiger partial charge on any atom is -0.490 e. The molecule has 1 aromatic heterocycles. The summed E-state index contributed by atoms with van der Waals surface area (Å²) in [5.74, 6) is -0.422. The number of hydrogen-bond donors (Lipinski definition) is 2. The van der Waals surface area contributed by atoms with Gasteiger partial charge in [0.1, 0.15) is 29.8 Å². The topological polar surface area (TPSA) is 81.1 Å². The summed E-state index contributed by atoms with van der Waals surface area (Å²) < 4.78 is 34.1. The number of ether oxygens (including phenoxy) is 1. The zero-order chi connectivity index (χ0) is 21.3. The van der Waals surface area contributed by atoms with E-state index in [9.17, 15) is 13.6 Å². The van der Waals surface area contributed by atoms with Gasteiger partial charge in [-0.25, -0.2) is 13.5 Å². The molecule has 3 aromatic rings. The van der Waals surface area contributed by atoms with E-state index in [-0.39, 0.29) is 29.7 Å². The molecule has 1 saturated carbocycles. The molecule has 7 nitrogen and oxygen atoms in total. The van der Waals surface area contributed by atoms with E-state index >= 15 is 0 Å². The van der Waals surface area contributed by atoms with E-state index in [1.54, 1.807) is 0 Å². The summed E-state index contributed by atoms with van der Waals surface area (Å²) in [6.07, 6.45) is 2.97. The summed E-state index contributed by atoms with van der Waals surface area (Å²) in [7, 11) is 0. The molecule has 1 aliphatic rings. The Morgan fingerprint density at radius 2 is 1.87 bits per heavy atom. The molecule has 156 valence electrons. The number of carbonyl (C=O) groups is 1. The maximum absolute atomic E-state index is 13.4. The van der Waals surface area contributed by atoms with Gasteiger partial charge in [-0.15, -0.1) is 5.10 Å². The number of nitrogens with zero attached hydrogens (tertiary/aromatic N) is 3. The molecule has 30 heavy (non-hydrogen) atoms. The van der Waals surface area contributed by atoms with Crippen LogP contribution in [0.25, 0.3) is 5.69 Å². The highest BCUT2D eigenvalue weighted by Gasteiger charge is 2.31.